The lowest BCUT2D eigenvalue weighted by molar-refractivity contribution is -0.122. The maximum Gasteiger partial charge on any atom is 0.0881 e. The first-order valence-corrected chi connectivity index (χ1v) is 9.92. The van der Waals surface area contributed by atoms with Gasteiger partial charge in [0.05, 0.1) is 5.60 Å². The summed E-state index contributed by atoms with van der Waals surface area (Å²) < 4.78 is 0. The lowest BCUT2D eigenvalue weighted by Gasteiger charge is -2.59. The summed E-state index contributed by atoms with van der Waals surface area (Å²) in [5.41, 5.74) is 0.939. The highest BCUT2D eigenvalue weighted by Crippen LogP contribution is 2.66. The molecule has 0 heterocycles. The van der Waals surface area contributed by atoms with Crippen LogP contribution in [0.15, 0.2) is 24.8 Å². The molecule has 128 valence electrons. The fourth-order valence-electron chi connectivity index (χ4n) is 7.62. The molecule has 0 spiro atoms. The Hall–Kier alpha value is -0.560. The van der Waals surface area contributed by atoms with Gasteiger partial charge in [-0.05, 0) is 86.9 Å². The summed E-state index contributed by atoms with van der Waals surface area (Å²) in [5.74, 6) is 5.08. The Balaban J connectivity index is 1.65. The molecule has 0 amide bonds. The van der Waals surface area contributed by atoms with Crippen molar-refractivity contribution >= 4 is 0 Å². The molecule has 4 aliphatic rings. The van der Waals surface area contributed by atoms with Crippen LogP contribution in [0.3, 0.4) is 0 Å². The normalized spacial score (nSPS) is 55.7. The number of aliphatic hydroxyl groups is 1. The van der Waals surface area contributed by atoms with Gasteiger partial charge in [0.15, 0.2) is 0 Å². The lowest BCUT2D eigenvalue weighted by Crippen LogP contribution is -2.54. The molecule has 0 aromatic carbocycles. The van der Waals surface area contributed by atoms with Crippen molar-refractivity contribution < 1.29 is 5.11 Å². The van der Waals surface area contributed by atoms with Crippen LogP contribution in [0.1, 0.15) is 65.2 Å². The zero-order valence-corrected chi connectivity index (χ0v) is 15.1. The van der Waals surface area contributed by atoms with Crippen LogP contribution < -0.4 is 0 Å². The first kappa shape index (κ1) is 15.9. The van der Waals surface area contributed by atoms with E-state index in [1.54, 1.807) is 0 Å². The molecule has 1 N–H and O–H groups in total. The van der Waals surface area contributed by atoms with Crippen molar-refractivity contribution in [2.75, 3.05) is 0 Å². The molecule has 4 fully saturated rings. The minimum atomic E-state index is -0.625. The van der Waals surface area contributed by atoms with Crippen LogP contribution in [0, 0.1) is 40.9 Å². The third kappa shape index (κ3) is 2.08. The Morgan fingerprint density at radius 3 is 2.70 bits per heavy atom. The summed E-state index contributed by atoms with van der Waals surface area (Å²) in [4.78, 5) is 0. The van der Waals surface area contributed by atoms with Crippen molar-refractivity contribution in [3.8, 4) is 0 Å². The Morgan fingerprint density at radius 2 is 1.96 bits per heavy atom. The third-order valence-corrected chi connectivity index (χ3v) is 8.81. The van der Waals surface area contributed by atoms with Gasteiger partial charge in [-0.1, -0.05) is 32.1 Å². The second-order valence-electron chi connectivity index (χ2n) is 9.60. The fourth-order valence-corrected chi connectivity index (χ4v) is 7.62. The standard InChI is InChI=1S/C22H34O/c1-5-22(23)11-9-19-20-15(3)13-16-12-14(2)6-7-17(16)18(20)8-10-21(19,22)4/h5,15-20,23H,1-2,6-13H2,3-4H3/t15-,16-,17+,18-,19+,20-,21+,22+/m1/s1. The summed E-state index contributed by atoms with van der Waals surface area (Å²) in [6.07, 6.45) is 11.8. The molecule has 4 rings (SSSR count). The van der Waals surface area contributed by atoms with E-state index in [2.05, 4.69) is 27.0 Å². The zero-order chi connectivity index (χ0) is 16.4. The molecule has 4 aliphatic carbocycles. The van der Waals surface area contributed by atoms with Gasteiger partial charge >= 0.3 is 0 Å². The van der Waals surface area contributed by atoms with Crippen LogP contribution in [0.2, 0.25) is 0 Å². The molecule has 0 saturated heterocycles. The molecule has 0 aliphatic heterocycles. The predicted molar refractivity (Wildman–Crippen MR) is 95.9 cm³/mol. The second kappa shape index (κ2) is 5.22. The highest BCUT2D eigenvalue weighted by Gasteiger charge is 2.62. The Kier molecular flexibility index (Phi) is 3.61. The van der Waals surface area contributed by atoms with Crippen LogP contribution in [0.5, 0.6) is 0 Å². The van der Waals surface area contributed by atoms with E-state index in [4.69, 9.17) is 0 Å². The summed E-state index contributed by atoms with van der Waals surface area (Å²) in [7, 11) is 0. The van der Waals surface area contributed by atoms with Crippen LogP contribution in [-0.2, 0) is 0 Å². The lowest BCUT2D eigenvalue weighted by atomic mass is 9.47. The number of fused-ring (bicyclic) bond motifs is 5. The number of hydrogen-bond donors (Lipinski definition) is 1. The molecular weight excluding hydrogens is 280 g/mol. The Bertz CT molecular complexity index is 522. The zero-order valence-electron chi connectivity index (χ0n) is 15.1. The maximum absolute atomic E-state index is 11.2. The molecule has 1 heteroatoms. The van der Waals surface area contributed by atoms with Gasteiger partial charge in [0, 0.05) is 5.41 Å². The van der Waals surface area contributed by atoms with E-state index >= 15 is 0 Å². The van der Waals surface area contributed by atoms with Crippen LogP contribution in [-0.4, -0.2) is 10.7 Å². The monoisotopic (exact) mass is 314 g/mol. The van der Waals surface area contributed by atoms with Crippen molar-refractivity contribution in [1.82, 2.24) is 0 Å². The molecule has 0 aromatic rings. The Labute approximate surface area is 142 Å². The van der Waals surface area contributed by atoms with E-state index in [1.807, 2.05) is 6.08 Å². The molecule has 8 atom stereocenters. The van der Waals surface area contributed by atoms with Gasteiger partial charge in [0.2, 0.25) is 0 Å². The molecule has 0 aromatic heterocycles. The average molecular weight is 315 g/mol. The highest BCUT2D eigenvalue weighted by atomic mass is 16.3. The van der Waals surface area contributed by atoms with Gasteiger partial charge in [0.25, 0.3) is 0 Å². The van der Waals surface area contributed by atoms with E-state index in [-0.39, 0.29) is 5.41 Å². The van der Waals surface area contributed by atoms with Gasteiger partial charge in [-0.3, -0.25) is 0 Å². The second-order valence-corrected chi connectivity index (χ2v) is 9.60. The molecule has 4 saturated carbocycles. The molecule has 23 heavy (non-hydrogen) atoms. The Morgan fingerprint density at radius 1 is 1.17 bits per heavy atom. The SMILES string of the molecule is C=C[C@]1(O)CC[C@H]2[C@H]3[C@H](CC[C@@]21C)[C@H]1CCC(=C)C[C@@H]1C[C@H]3C. The molecule has 0 bridgehead atoms. The van der Waals surface area contributed by atoms with Crippen molar-refractivity contribution in [2.24, 2.45) is 40.9 Å². The summed E-state index contributed by atoms with van der Waals surface area (Å²) in [6.45, 7) is 13.1. The van der Waals surface area contributed by atoms with Crippen LogP contribution in [0.25, 0.3) is 0 Å². The molecule has 0 unspecified atom stereocenters. The van der Waals surface area contributed by atoms with Gasteiger partial charge in [-0.2, -0.15) is 0 Å². The van der Waals surface area contributed by atoms with Gasteiger partial charge in [0.1, 0.15) is 0 Å². The largest absolute Gasteiger partial charge is 0.385 e. The smallest absolute Gasteiger partial charge is 0.0881 e. The number of hydrogen-bond acceptors (Lipinski definition) is 1. The highest BCUT2D eigenvalue weighted by molar-refractivity contribution is 5.19. The van der Waals surface area contributed by atoms with E-state index in [0.717, 1.165) is 36.0 Å². The maximum atomic E-state index is 11.2. The van der Waals surface area contributed by atoms with Gasteiger partial charge in [-0.15, -0.1) is 6.58 Å². The van der Waals surface area contributed by atoms with Crippen molar-refractivity contribution in [2.45, 2.75) is 70.8 Å². The van der Waals surface area contributed by atoms with E-state index in [9.17, 15) is 5.11 Å². The quantitative estimate of drug-likeness (QED) is 0.646. The molecule has 0 radical (unpaired) electrons. The van der Waals surface area contributed by atoms with Gasteiger partial charge < -0.3 is 5.11 Å². The minimum absolute atomic E-state index is 0.0648. The topological polar surface area (TPSA) is 20.2 Å². The van der Waals surface area contributed by atoms with E-state index in [0.29, 0.717) is 5.92 Å². The van der Waals surface area contributed by atoms with Crippen LogP contribution in [0.4, 0.5) is 0 Å². The first-order valence-electron chi connectivity index (χ1n) is 9.92. The van der Waals surface area contributed by atoms with Crippen LogP contribution >= 0.6 is 0 Å². The fraction of sp³-hybridized carbons (Fsp3) is 0.818. The van der Waals surface area contributed by atoms with E-state index in [1.165, 1.54) is 50.5 Å². The predicted octanol–water partition coefficient (Wildman–Crippen LogP) is 5.36. The van der Waals surface area contributed by atoms with Crippen molar-refractivity contribution in [3.05, 3.63) is 24.8 Å². The van der Waals surface area contributed by atoms with E-state index < -0.39 is 5.60 Å². The summed E-state index contributed by atoms with van der Waals surface area (Å²) in [5, 5.41) is 11.2. The molecule has 1 nitrogen and oxygen atoms in total. The first-order chi connectivity index (χ1) is 10.9. The summed E-state index contributed by atoms with van der Waals surface area (Å²) >= 11 is 0. The number of rotatable bonds is 1. The van der Waals surface area contributed by atoms with Gasteiger partial charge in [-0.25, -0.2) is 0 Å². The average Bonchev–Trinajstić information content (AvgIpc) is 2.79. The molecular formula is C22H34O. The van der Waals surface area contributed by atoms with Crippen molar-refractivity contribution in [3.63, 3.8) is 0 Å². The number of allylic oxidation sites excluding steroid dienone is 1. The summed E-state index contributed by atoms with van der Waals surface area (Å²) in [6, 6.07) is 0. The van der Waals surface area contributed by atoms with Crippen molar-refractivity contribution in [1.29, 1.82) is 0 Å². The minimum Gasteiger partial charge on any atom is -0.385 e. The third-order valence-electron chi connectivity index (χ3n) is 8.81.